The van der Waals surface area contributed by atoms with Crippen LogP contribution in [0.15, 0.2) is 47.3 Å². The van der Waals surface area contributed by atoms with Crippen LogP contribution in [0.2, 0.25) is 0 Å². The molecular weight excluding hydrogens is 376 g/mol. The third-order valence-corrected chi connectivity index (χ3v) is 5.28. The van der Waals surface area contributed by atoms with Crippen molar-refractivity contribution in [1.82, 2.24) is 4.98 Å². The number of aromatic amines is 1. The van der Waals surface area contributed by atoms with Gasteiger partial charge in [0.1, 0.15) is 11.5 Å². The van der Waals surface area contributed by atoms with Gasteiger partial charge in [-0.05, 0) is 30.7 Å². The zero-order valence-corrected chi connectivity index (χ0v) is 16.8. The van der Waals surface area contributed by atoms with Crippen LogP contribution >= 0.6 is 11.8 Å². The summed E-state index contributed by atoms with van der Waals surface area (Å²) in [6.07, 6.45) is 0. The van der Waals surface area contributed by atoms with Gasteiger partial charge >= 0.3 is 0 Å². The number of aromatic nitrogens is 1. The molecule has 3 aromatic rings. The number of pyridine rings is 1. The number of carbonyl (C=O) groups excluding carboxylic acids is 1. The van der Waals surface area contributed by atoms with Gasteiger partial charge in [0.15, 0.2) is 5.43 Å². The van der Waals surface area contributed by atoms with Crippen LogP contribution in [0.1, 0.15) is 11.3 Å². The summed E-state index contributed by atoms with van der Waals surface area (Å²) in [4.78, 5) is 27.9. The molecule has 7 heteroatoms. The normalized spacial score (nSPS) is 10.7. The fourth-order valence-corrected chi connectivity index (χ4v) is 3.64. The number of hydrogen-bond acceptors (Lipinski definition) is 5. The van der Waals surface area contributed by atoms with E-state index >= 15 is 0 Å². The molecule has 6 nitrogen and oxygen atoms in total. The fraction of sp³-hybridized carbons (Fsp3) is 0.238. The number of carbonyl (C=O) groups is 1. The lowest BCUT2D eigenvalue weighted by Crippen LogP contribution is -2.15. The van der Waals surface area contributed by atoms with Crippen LogP contribution in [0, 0.1) is 6.92 Å². The van der Waals surface area contributed by atoms with E-state index in [1.807, 2.05) is 25.1 Å². The van der Waals surface area contributed by atoms with Gasteiger partial charge in [0.25, 0.3) is 0 Å². The Hall–Kier alpha value is -2.93. The van der Waals surface area contributed by atoms with E-state index in [1.165, 1.54) is 11.8 Å². The summed E-state index contributed by atoms with van der Waals surface area (Å²) in [5.74, 6) is 1.81. The van der Waals surface area contributed by atoms with Gasteiger partial charge in [-0.1, -0.05) is 12.1 Å². The van der Waals surface area contributed by atoms with Crippen molar-refractivity contribution in [3.8, 4) is 11.5 Å². The van der Waals surface area contributed by atoms with Crippen LogP contribution in [-0.2, 0) is 10.5 Å². The molecule has 0 unspecified atom stereocenters. The molecular formula is C21H22N2O4S. The topological polar surface area (TPSA) is 80.4 Å². The number of methoxy groups -OCH3 is 2. The number of rotatable bonds is 7. The molecule has 0 spiro atoms. The molecule has 0 atom stereocenters. The third kappa shape index (κ3) is 4.48. The van der Waals surface area contributed by atoms with Gasteiger partial charge in [-0.15, -0.1) is 11.8 Å². The predicted molar refractivity (Wildman–Crippen MR) is 114 cm³/mol. The molecule has 0 saturated carbocycles. The Morgan fingerprint density at radius 1 is 1.14 bits per heavy atom. The number of thioether (sulfide) groups is 1. The Labute approximate surface area is 167 Å². The van der Waals surface area contributed by atoms with Crippen molar-refractivity contribution >= 4 is 34.3 Å². The van der Waals surface area contributed by atoms with Crippen molar-refractivity contribution in [2.45, 2.75) is 12.7 Å². The van der Waals surface area contributed by atoms with Crippen molar-refractivity contribution in [3.05, 3.63) is 63.9 Å². The van der Waals surface area contributed by atoms with Crippen LogP contribution in [0.5, 0.6) is 11.5 Å². The second kappa shape index (κ2) is 8.84. The van der Waals surface area contributed by atoms with Crippen LogP contribution in [-0.4, -0.2) is 30.9 Å². The molecule has 0 aliphatic rings. The zero-order valence-electron chi connectivity index (χ0n) is 16.0. The maximum atomic E-state index is 12.3. The number of ether oxygens (including phenoxy) is 2. The molecule has 146 valence electrons. The molecule has 1 heterocycles. The number of anilines is 1. The molecule has 0 aliphatic heterocycles. The molecule has 2 N–H and O–H groups in total. The lowest BCUT2D eigenvalue weighted by Gasteiger charge is -2.12. The Bertz CT molecular complexity index is 1060. The van der Waals surface area contributed by atoms with Gasteiger partial charge < -0.3 is 19.8 Å². The Morgan fingerprint density at radius 2 is 1.96 bits per heavy atom. The molecule has 28 heavy (non-hydrogen) atoms. The highest BCUT2D eigenvalue weighted by Crippen LogP contribution is 2.29. The molecule has 1 amide bonds. The summed E-state index contributed by atoms with van der Waals surface area (Å²) in [6.45, 7) is 1.96. The molecule has 1 aromatic heterocycles. The summed E-state index contributed by atoms with van der Waals surface area (Å²) in [7, 11) is 3.11. The van der Waals surface area contributed by atoms with Crippen molar-refractivity contribution in [2.75, 3.05) is 25.3 Å². The number of hydrogen-bond donors (Lipinski definition) is 2. The van der Waals surface area contributed by atoms with Gasteiger partial charge in [0.2, 0.25) is 5.91 Å². The number of aryl methyl sites for hydroxylation is 1. The highest BCUT2D eigenvalue weighted by molar-refractivity contribution is 7.99. The van der Waals surface area contributed by atoms with E-state index in [-0.39, 0.29) is 17.1 Å². The first-order valence-electron chi connectivity index (χ1n) is 8.73. The summed E-state index contributed by atoms with van der Waals surface area (Å²) >= 11 is 1.43. The van der Waals surface area contributed by atoms with E-state index in [0.29, 0.717) is 28.3 Å². The number of H-pyrrole nitrogens is 1. The smallest absolute Gasteiger partial charge is 0.234 e. The van der Waals surface area contributed by atoms with Gasteiger partial charge in [-0.25, -0.2) is 0 Å². The summed E-state index contributed by atoms with van der Waals surface area (Å²) in [5, 5.41) is 3.51. The van der Waals surface area contributed by atoms with E-state index in [9.17, 15) is 9.59 Å². The van der Waals surface area contributed by atoms with Gasteiger partial charge in [0.05, 0.1) is 31.2 Å². The Kier molecular flexibility index (Phi) is 6.26. The minimum absolute atomic E-state index is 0.0152. The molecule has 0 aliphatic carbocycles. The summed E-state index contributed by atoms with van der Waals surface area (Å²) in [6, 6.07) is 12.5. The second-order valence-corrected chi connectivity index (χ2v) is 7.25. The summed E-state index contributed by atoms with van der Waals surface area (Å²) < 4.78 is 10.5. The van der Waals surface area contributed by atoms with Crippen molar-refractivity contribution in [1.29, 1.82) is 0 Å². The molecule has 0 bridgehead atoms. The highest BCUT2D eigenvalue weighted by Gasteiger charge is 2.10. The molecule has 0 fully saturated rings. The van der Waals surface area contributed by atoms with E-state index < -0.39 is 0 Å². The van der Waals surface area contributed by atoms with Crippen molar-refractivity contribution in [3.63, 3.8) is 0 Å². The average Bonchev–Trinajstić information content (AvgIpc) is 2.69. The largest absolute Gasteiger partial charge is 0.497 e. The van der Waals surface area contributed by atoms with Crippen LogP contribution in [0.25, 0.3) is 10.9 Å². The number of nitrogens with one attached hydrogen (secondary N) is 2. The van der Waals surface area contributed by atoms with E-state index in [2.05, 4.69) is 10.3 Å². The first-order valence-corrected chi connectivity index (χ1v) is 9.88. The average molecular weight is 398 g/mol. The van der Waals surface area contributed by atoms with Crippen molar-refractivity contribution < 1.29 is 14.3 Å². The monoisotopic (exact) mass is 398 g/mol. The Balaban J connectivity index is 1.64. The maximum absolute atomic E-state index is 12.3. The number of amides is 1. The van der Waals surface area contributed by atoms with Gasteiger partial charge in [-0.3, -0.25) is 9.59 Å². The molecule has 0 radical (unpaired) electrons. The van der Waals surface area contributed by atoms with Gasteiger partial charge in [0, 0.05) is 29.0 Å². The van der Waals surface area contributed by atoms with E-state index in [1.54, 1.807) is 38.5 Å². The lowest BCUT2D eigenvalue weighted by atomic mass is 10.1. The number of fused-ring (bicyclic) bond motifs is 1. The number of benzene rings is 2. The maximum Gasteiger partial charge on any atom is 0.234 e. The molecule has 2 aromatic carbocycles. The van der Waals surface area contributed by atoms with Crippen LogP contribution in [0.3, 0.4) is 0 Å². The summed E-state index contributed by atoms with van der Waals surface area (Å²) in [5.41, 5.74) is 3.20. The molecule has 0 saturated heterocycles. The van der Waals surface area contributed by atoms with Gasteiger partial charge in [-0.2, -0.15) is 0 Å². The predicted octanol–water partition coefficient (Wildman–Crippen LogP) is 3.73. The highest BCUT2D eigenvalue weighted by atomic mass is 32.2. The minimum atomic E-state index is -0.157. The molecule has 3 rings (SSSR count). The van der Waals surface area contributed by atoms with E-state index in [0.717, 1.165) is 16.8 Å². The minimum Gasteiger partial charge on any atom is -0.497 e. The van der Waals surface area contributed by atoms with Crippen LogP contribution in [0.4, 0.5) is 5.69 Å². The first-order chi connectivity index (χ1) is 13.5. The SMILES string of the molecule is COc1ccc(OC)c(NC(=O)CSCc2cc(=O)c3cccc(C)c3[nH]2)c1. The van der Waals surface area contributed by atoms with E-state index in [4.69, 9.17) is 9.47 Å². The third-order valence-electron chi connectivity index (χ3n) is 4.30. The van der Waals surface area contributed by atoms with Crippen molar-refractivity contribution in [2.24, 2.45) is 0 Å². The lowest BCUT2D eigenvalue weighted by molar-refractivity contribution is -0.113. The van der Waals surface area contributed by atoms with Crippen LogP contribution < -0.4 is 20.2 Å². The number of para-hydroxylation sites is 1. The second-order valence-electron chi connectivity index (χ2n) is 6.26. The quantitative estimate of drug-likeness (QED) is 0.634. The first kappa shape index (κ1) is 19.8. The standard InChI is InChI=1S/C21H22N2O4S/c1-13-5-4-6-16-18(24)9-14(22-21(13)16)11-28-12-20(25)23-17-10-15(26-2)7-8-19(17)27-3/h4-10H,11-12H2,1-3H3,(H,22,24)(H,23,25). The Morgan fingerprint density at radius 3 is 2.71 bits per heavy atom. The zero-order chi connectivity index (χ0) is 20.1. The fourth-order valence-electron chi connectivity index (χ4n) is 2.90.